The van der Waals surface area contributed by atoms with Crippen LogP contribution in [0.25, 0.3) is 0 Å². The number of aliphatic imine (C=N–C) groups is 1. The van der Waals surface area contributed by atoms with Gasteiger partial charge in [0.2, 0.25) is 10.0 Å². The Balaban J connectivity index is 1.78. The number of benzene rings is 1. The summed E-state index contributed by atoms with van der Waals surface area (Å²) >= 11 is 1.98. The summed E-state index contributed by atoms with van der Waals surface area (Å²) < 4.78 is 27.1. The van der Waals surface area contributed by atoms with Gasteiger partial charge in [-0.3, -0.25) is 4.99 Å². The Bertz CT molecular complexity index is 654. The van der Waals surface area contributed by atoms with E-state index in [-0.39, 0.29) is 4.90 Å². The van der Waals surface area contributed by atoms with Gasteiger partial charge in [0.1, 0.15) is 0 Å². The molecule has 0 saturated carbocycles. The maximum absolute atomic E-state index is 12.2. The molecule has 2 rings (SSSR count). The minimum Gasteiger partial charge on any atom is -0.357 e. The van der Waals surface area contributed by atoms with Crippen LogP contribution in [0.2, 0.25) is 0 Å². The maximum atomic E-state index is 12.2. The van der Waals surface area contributed by atoms with Crippen LogP contribution in [0.1, 0.15) is 25.3 Å². The molecule has 8 heteroatoms. The Morgan fingerprint density at radius 3 is 2.64 bits per heavy atom. The van der Waals surface area contributed by atoms with Gasteiger partial charge in [-0.25, -0.2) is 13.1 Å². The van der Waals surface area contributed by atoms with E-state index in [1.807, 2.05) is 25.6 Å². The largest absolute Gasteiger partial charge is 0.357 e. The number of thioether (sulfide) groups is 1. The second-order valence-corrected chi connectivity index (χ2v) is 9.17. The third-order valence-corrected chi connectivity index (χ3v) is 6.72. The lowest BCUT2D eigenvalue weighted by molar-refractivity contribution is 0.580. The zero-order chi connectivity index (χ0) is 18.1. The number of sulfonamides is 1. The standard InChI is InChI=1S/C17H28N4O2S2/c1-3-18-17(20-13-15-5-4-12-24-15)19-10-11-21-25(22,23)16-8-6-14(2)7-9-16/h6-9,15,21H,3-5,10-13H2,1-2H3,(H2,18,19,20). The Morgan fingerprint density at radius 2 is 2.00 bits per heavy atom. The fraction of sp³-hybridized carbons (Fsp3) is 0.588. The van der Waals surface area contributed by atoms with Crippen LogP contribution >= 0.6 is 11.8 Å². The molecule has 1 aromatic carbocycles. The summed E-state index contributed by atoms with van der Waals surface area (Å²) in [6.45, 7) is 6.31. The van der Waals surface area contributed by atoms with Crippen molar-refractivity contribution in [3.05, 3.63) is 29.8 Å². The van der Waals surface area contributed by atoms with Gasteiger partial charge >= 0.3 is 0 Å². The Morgan fingerprint density at radius 1 is 1.24 bits per heavy atom. The minimum absolute atomic E-state index is 0.289. The quantitative estimate of drug-likeness (QED) is 0.361. The van der Waals surface area contributed by atoms with Crippen molar-refractivity contribution in [2.24, 2.45) is 4.99 Å². The van der Waals surface area contributed by atoms with E-state index in [0.29, 0.717) is 18.3 Å². The van der Waals surface area contributed by atoms with Crippen LogP contribution in [0.5, 0.6) is 0 Å². The fourth-order valence-electron chi connectivity index (χ4n) is 2.49. The summed E-state index contributed by atoms with van der Waals surface area (Å²) in [4.78, 5) is 4.88. The molecular weight excluding hydrogens is 356 g/mol. The number of nitrogens with zero attached hydrogens (tertiary/aromatic N) is 1. The molecule has 0 radical (unpaired) electrons. The van der Waals surface area contributed by atoms with Gasteiger partial charge in [-0.15, -0.1) is 0 Å². The highest BCUT2D eigenvalue weighted by atomic mass is 32.2. The third-order valence-electron chi connectivity index (χ3n) is 3.86. The van der Waals surface area contributed by atoms with E-state index in [0.717, 1.165) is 24.6 Å². The highest BCUT2D eigenvalue weighted by molar-refractivity contribution is 8.00. The number of hydrogen-bond donors (Lipinski definition) is 3. The minimum atomic E-state index is -3.47. The molecule has 1 unspecified atom stereocenters. The molecule has 140 valence electrons. The van der Waals surface area contributed by atoms with E-state index < -0.39 is 10.0 Å². The molecule has 1 aliphatic rings. The average molecular weight is 385 g/mol. The van der Waals surface area contributed by atoms with Crippen LogP contribution in [0.3, 0.4) is 0 Å². The first-order chi connectivity index (χ1) is 12.0. The molecule has 6 nitrogen and oxygen atoms in total. The van der Waals surface area contributed by atoms with E-state index in [1.165, 1.54) is 18.6 Å². The van der Waals surface area contributed by atoms with Gasteiger partial charge in [0.25, 0.3) is 0 Å². The maximum Gasteiger partial charge on any atom is 0.240 e. The van der Waals surface area contributed by atoms with Crippen molar-refractivity contribution in [2.75, 3.05) is 31.9 Å². The molecule has 1 aromatic rings. The number of aryl methyl sites for hydroxylation is 1. The predicted octanol–water partition coefficient (Wildman–Crippen LogP) is 1.72. The number of nitrogens with one attached hydrogen (secondary N) is 3. The summed E-state index contributed by atoms with van der Waals surface area (Å²) in [6.07, 6.45) is 2.50. The predicted molar refractivity (Wildman–Crippen MR) is 106 cm³/mol. The molecule has 0 amide bonds. The van der Waals surface area contributed by atoms with Gasteiger partial charge < -0.3 is 10.6 Å². The van der Waals surface area contributed by atoms with Gasteiger partial charge in [0, 0.05) is 24.9 Å². The molecule has 1 saturated heterocycles. The van der Waals surface area contributed by atoms with Crippen molar-refractivity contribution in [3.63, 3.8) is 0 Å². The van der Waals surface area contributed by atoms with Crippen LogP contribution in [0.4, 0.5) is 0 Å². The van der Waals surface area contributed by atoms with Crippen molar-refractivity contribution in [1.29, 1.82) is 0 Å². The fourth-order valence-corrected chi connectivity index (χ4v) is 4.70. The molecule has 1 atom stereocenters. The molecule has 0 aliphatic carbocycles. The monoisotopic (exact) mass is 384 g/mol. The van der Waals surface area contributed by atoms with Crippen LogP contribution in [0, 0.1) is 6.92 Å². The van der Waals surface area contributed by atoms with E-state index in [9.17, 15) is 8.42 Å². The van der Waals surface area contributed by atoms with Crippen molar-refractivity contribution < 1.29 is 8.42 Å². The number of hydrogen-bond acceptors (Lipinski definition) is 4. The first kappa shape index (κ1) is 20.1. The van der Waals surface area contributed by atoms with E-state index >= 15 is 0 Å². The Hall–Kier alpha value is -1.25. The molecule has 3 N–H and O–H groups in total. The average Bonchev–Trinajstić information content (AvgIpc) is 3.10. The normalized spacial score (nSPS) is 18.3. The summed E-state index contributed by atoms with van der Waals surface area (Å²) in [5.74, 6) is 1.97. The lowest BCUT2D eigenvalue weighted by Crippen LogP contribution is -2.41. The lowest BCUT2D eigenvalue weighted by atomic mass is 10.2. The molecular formula is C17H28N4O2S2. The summed E-state index contributed by atoms with van der Waals surface area (Å²) in [5, 5.41) is 6.98. The van der Waals surface area contributed by atoms with Gasteiger partial charge in [0.05, 0.1) is 11.4 Å². The van der Waals surface area contributed by atoms with Gasteiger partial charge in [-0.2, -0.15) is 11.8 Å². The molecule has 0 bridgehead atoms. The Kier molecular flexibility index (Phi) is 8.05. The smallest absolute Gasteiger partial charge is 0.240 e. The SMILES string of the molecule is CCNC(=NCC1CCCS1)NCCNS(=O)(=O)c1ccc(C)cc1. The lowest BCUT2D eigenvalue weighted by Gasteiger charge is -2.13. The number of rotatable bonds is 8. The van der Waals surface area contributed by atoms with E-state index in [2.05, 4.69) is 20.3 Å². The van der Waals surface area contributed by atoms with Crippen LogP contribution < -0.4 is 15.4 Å². The van der Waals surface area contributed by atoms with Gasteiger partial charge in [-0.1, -0.05) is 17.7 Å². The van der Waals surface area contributed by atoms with Gasteiger partial charge in [-0.05, 0) is 44.6 Å². The summed E-state index contributed by atoms with van der Waals surface area (Å²) in [5.41, 5.74) is 1.03. The number of guanidine groups is 1. The summed E-state index contributed by atoms with van der Waals surface area (Å²) in [6, 6.07) is 6.83. The van der Waals surface area contributed by atoms with Crippen LogP contribution in [-0.2, 0) is 10.0 Å². The second-order valence-electron chi connectivity index (χ2n) is 5.99. The van der Waals surface area contributed by atoms with Crippen molar-refractivity contribution >= 4 is 27.7 Å². The first-order valence-electron chi connectivity index (χ1n) is 8.71. The van der Waals surface area contributed by atoms with Gasteiger partial charge in [0.15, 0.2) is 5.96 Å². The second kappa shape index (κ2) is 10.0. The molecule has 1 aliphatic heterocycles. The zero-order valence-electron chi connectivity index (χ0n) is 14.9. The van der Waals surface area contributed by atoms with Crippen molar-refractivity contribution in [3.8, 4) is 0 Å². The van der Waals surface area contributed by atoms with Crippen molar-refractivity contribution in [2.45, 2.75) is 36.8 Å². The Labute approximate surface area is 155 Å². The molecule has 0 spiro atoms. The topological polar surface area (TPSA) is 82.6 Å². The van der Waals surface area contributed by atoms with Crippen LogP contribution in [-0.4, -0.2) is 51.6 Å². The first-order valence-corrected chi connectivity index (χ1v) is 11.2. The summed E-state index contributed by atoms with van der Waals surface area (Å²) in [7, 11) is -3.47. The van der Waals surface area contributed by atoms with E-state index in [1.54, 1.807) is 24.3 Å². The van der Waals surface area contributed by atoms with Crippen LogP contribution in [0.15, 0.2) is 34.2 Å². The highest BCUT2D eigenvalue weighted by Crippen LogP contribution is 2.25. The zero-order valence-corrected chi connectivity index (χ0v) is 16.5. The molecule has 1 heterocycles. The third kappa shape index (κ3) is 6.87. The molecule has 25 heavy (non-hydrogen) atoms. The highest BCUT2D eigenvalue weighted by Gasteiger charge is 2.15. The molecule has 0 aromatic heterocycles. The van der Waals surface area contributed by atoms with Crippen molar-refractivity contribution in [1.82, 2.24) is 15.4 Å². The molecule has 1 fully saturated rings. The van der Waals surface area contributed by atoms with E-state index in [4.69, 9.17) is 0 Å².